The van der Waals surface area contributed by atoms with E-state index in [1.54, 1.807) is 0 Å². The second-order valence-corrected chi connectivity index (χ2v) is 4.71. The molecule has 0 amide bonds. The Hall–Kier alpha value is -3.48. The van der Waals surface area contributed by atoms with Crippen LogP contribution in [0.5, 0.6) is 0 Å². The number of rotatable bonds is 4. The van der Waals surface area contributed by atoms with Gasteiger partial charge in [0.1, 0.15) is 11.4 Å². The molecule has 7 nitrogen and oxygen atoms in total. The molecule has 0 saturated carbocycles. The lowest BCUT2D eigenvalue weighted by Crippen LogP contribution is -2.24. The maximum absolute atomic E-state index is 5.30. The monoisotopic (exact) mass is 305 g/mol. The van der Waals surface area contributed by atoms with Crippen molar-refractivity contribution in [3.05, 3.63) is 60.7 Å². The van der Waals surface area contributed by atoms with E-state index in [0.717, 1.165) is 11.1 Å². The number of nitrogens with zero attached hydrogens (tertiary/aromatic N) is 4. The van der Waals surface area contributed by atoms with Crippen LogP contribution in [0.1, 0.15) is 0 Å². The molecule has 1 heterocycles. The molecule has 3 aromatic rings. The number of anilines is 1. The standard InChI is InChI=1S/C16H15N7/c17-15(18)21-23-16-19-13(11-7-3-1-4-8-11)14(20-22-16)12-9-5-2-6-10-12/h1-10H,(H4,17,18,21)(H,19,22,23). The van der Waals surface area contributed by atoms with Crippen molar-refractivity contribution in [2.45, 2.75) is 0 Å². The van der Waals surface area contributed by atoms with E-state index < -0.39 is 0 Å². The third-order valence-corrected chi connectivity index (χ3v) is 3.07. The SMILES string of the molecule is NC(N)=NNc1nnc(-c2ccccc2)c(-c2ccccc2)n1. The first-order valence-corrected chi connectivity index (χ1v) is 6.94. The van der Waals surface area contributed by atoms with E-state index in [0.29, 0.717) is 11.4 Å². The van der Waals surface area contributed by atoms with Gasteiger partial charge in [-0.25, -0.2) is 10.4 Å². The highest BCUT2D eigenvalue weighted by Gasteiger charge is 2.13. The van der Waals surface area contributed by atoms with Gasteiger partial charge in [-0.05, 0) is 0 Å². The largest absolute Gasteiger partial charge is 0.369 e. The van der Waals surface area contributed by atoms with Crippen LogP contribution in [-0.2, 0) is 0 Å². The fraction of sp³-hybridized carbons (Fsp3) is 0. The predicted octanol–water partition coefficient (Wildman–Crippen LogP) is 1.81. The van der Waals surface area contributed by atoms with Gasteiger partial charge in [0.25, 0.3) is 5.95 Å². The lowest BCUT2D eigenvalue weighted by Gasteiger charge is -2.09. The average molecular weight is 305 g/mol. The number of nitrogens with one attached hydrogen (secondary N) is 1. The maximum Gasteiger partial charge on any atom is 0.263 e. The highest BCUT2D eigenvalue weighted by molar-refractivity contribution is 5.78. The Morgan fingerprint density at radius 2 is 1.35 bits per heavy atom. The molecule has 2 aromatic carbocycles. The number of aromatic nitrogens is 3. The summed E-state index contributed by atoms with van der Waals surface area (Å²) < 4.78 is 0. The van der Waals surface area contributed by atoms with Crippen molar-refractivity contribution < 1.29 is 0 Å². The minimum absolute atomic E-state index is 0.109. The van der Waals surface area contributed by atoms with E-state index >= 15 is 0 Å². The number of nitrogens with two attached hydrogens (primary N) is 2. The van der Waals surface area contributed by atoms with Crippen molar-refractivity contribution in [1.29, 1.82) is 0 Å². The summed E-state index contributed by atoms with van der Waals surface area (Å²) in [5.41, 5.74) is 16.4. The van der Waals surface area contributed by atoms with E-state index in [-0.39, 0.29) is 11.9 Å². The van der Waals surface area contributed by atoms with Gasteiger partial charge in [-0.2, -0.15) is 0 Å². The molecular formula is C16H15N7. The molecule has 0 radical (unpaired) electrons. The van der Waals surface area contributed by atoms with Gasteiger partial charge in [-0.15, -0.1) is 15.3 Å². The summed E-state index contributed by atoms with van der Waals surface area (Å²) in [4.78, 5) is 4.49. The van der Waals surface area contributed by atoms with Crippen LogP contribution in [0.15, 0.2) is 65.8 Å². The topological polar surface area (TPSA) is 115 Å². The van der Waals surface area contributed by atoms with Gasteiger partial charge in [-0.1, -0.05) is 60.7 Å². The number of guanidine groups is 1. The highest BCUT2D eigenvalue weighted by Crippen LogP contribution is 2.28. The van der Waals surface area contributed by atoms with Gasteiger partial charge in [-0.3, -0.25) is 0 Å². The molecule has 0 bridgehead atoms. The predicted molar refractivity (Wildman–Crippen MR) is 90.1 cm³/mol. The first-order valence-electron chi connectivity index (χ1n) is 6.94. The van der Waals surface area contributed by atoms with Gasteiger partial charge >= 0.3 is 0 Å². The van der Waals surface area contributed by atoms with Gasteiger partial charge in [0.2, 0.25) is 5.96 Å². The Balaban J connectivity index is 2.11. The van der Waals surface area contributed by atoms with Gasteiger partial charge < -0.3 is 11.5 Å². The molecule has 0 unspecified atom stereocenters. The Kier molecular flexibility index (Phi) is 4.10. The molecule has 0 aliphatic heterocycles. The van der Waals surface area contributed by atoms with E-state index in [9.17, 15) is 0 Å². The van der Waals surface area contributed by atoms with Crippen LogP contribution in [-0.4, -0.2) is 21.1 Å². The van der Waals surface area contributed by atoms with Gasteiger partial charge in [0.15, 0.2) is 0 Å². The Morgan fingerprint density at radius 3 is 1.91 bits per heavy atom. The molecule has 0 spiro atoms. The second kappa shape index (κ2) is 6.52. The summed E-state index contributed by atoms with van der Waals surface area (Å²) in [6.45, 7) is 0. The molecular weight excluding hydrogens is 290 g/mol. The summed E-state index contributed by atoms with van der Waals surface area (Å²) in [5.74, 6) is 0.110. The zero-order valence-electron chi connectivity index (χ0n) is 12.2. The van der Waals surface area contributed by atoms with Crippen LogP contribution in [0.25, 0.3) is 22.5 Å². The summed E-state index contributed by atoms with van der Waals surface area (Å²) in [6, 6.07) is 19.5. The average Bonchev–Trinajstić information content (AvgIpc) is 2.61. The smallest absolute Gasteiger partial charge is 0.263 e. The van der Waals surface area contributed by atoms with E-state index in [4.69, 9.17) is 11.5 Å². The molecule has 0 aliphatic rings. The lowest BCUT2D eigenvalue weighted by molar-refractivity contribution is 0.971. The summed E-state index contributed by atoms with van der Waals surface area (Å²) in [5, 5.41) is 12.0. The van der Waals surface area contributed by atoms with Crippen LogP contribution in [0.2, 0.25) is 0 Å². The van der Waals surface area contributed by atoms with Crippen LogP contribution in [0.4, 0.5) is 5.95 Å². The van der Waals surface area contributed by atoms with Crippen molar-refractivity contribution in [2.75, 3.05) is 5.43 Å². The molecule has 114 valence electrons. The fourth-order valence-corrected chi connectivity index (χ4v) is 2.08. The van der Waals surface area contributed by atoms with Crippen molar-refractivity contribution >= 4 is 11.9 Å². The third kappa shape index (κ3) is 3.41. The summed E-state index contributed by atoms with van der Waals surface area (Å²) in [6.07, 6.45) is 0. The zero-order valence-corrected chi connectivity index (χ0v) is 12.2. The van der Waals surface area contributed by atoms with Crippen LogP contribution >= 0.6 is 0 Å². The van der Waals surface area contributed by atoms with Gasteiger partial charge in [0.05, 0.1) is 0 Å². The summed E-state index contributed by atoms with van der Waals surface area (Å²) in [7, 11) is 0. The molecule has 5 N–H and O–H groups in total. The normalized spacial score (nSPS) is 10.1. The quantitative estimate of drug-likeness (QED) is 0.384. The first-order chi connectivity index (χ1) is 11.2. The highest BCUT2D eigenvalue weighted by atomic mass is 15.4. The van der Waals surface area contributed by atoms with Crippen molar-refractivity contribution in [3.8, 4) is 22.5 Å². The zero-order chi connectivity index (χ0) is 16.1. The second-order valence-electron chi connectivity index (χ2n) is 4.71. The number of hydrogen-bond donors (Lipinski definition) is 3. The molecule has 3 rings (SSSR count). The van der Waals surface area contributed by atoms with Crippen molar-refractivity contribution in [2.24, 2.45) is 16.6 Å². The first kappa shape index (κ1) is 14.5. The number of hydrogen-bond acceptors (Lipinski definition) is 5. The Labute approximate surface area is 133 Å². The molecule has 0 aliphatic carbocycles. The summed E-state index contributed by atoms with van der Waals surface area (Å²) >= 11 is 0. The van der Waals surface area contributed by atoms with Gasteiger partial charge in [0, 0.05) is 11.1 Å². The Morgan fingerprint density at radius 1 is 0.783 bits per heavy atom. The molecule has 1 aromatic heterocycles. The Bertz CT molecular complexity index is 812. The minimum atomic E-state index is -0.109. The van der Waals surface area contributed by atoms with Crippen molar-refractivity contribution in [3.63, 3.8) is 0 Å². The van der Waals surface area contributed by atoms with E-state index in [2.05, 4.69) is 25.7 Å². The minimum Gasteiger partial charge on any atom is -0.369 e. The molecule has 7 heteroatoms. The molecule has 23 heavy (non-hydrogen) atoms. The van der Waals surface area contributed by atoms with Crippen LogP contribution < -0.4 is 16.9 Å². The molecule has 0 saturated heterocycles. The third-order valence-electron chi connectivity index (χ3n) is 3.07. The lowest BCUT2D eigenvalue weighted by atomic mass is 10.0. The van der Waals surface area contributed by atoms with E-state index in [1.165, 1.54) is 0 Å². The number of benzene rings is 2. The van der Waals surface area contributed by atoms with Crippen LogP contribution in [0, 0.1) is 0 Å². The molecule has 0 fully saturated rings. The maximum atomic E-state index is 5.30. The molecule has 0 atom stereocenters. The number of hydrazone groups is 1. The van der Waals surface area contributed by atoms with Crippen molar-refractivity contribution in [1.82, 2.24) is 15.2 Å². The van der Waals surface area contributed by atoms with Crippen LogP contribution in [0.3, 0.4) is 0 Å². The fourth-order valence-electron chi connectivity index (χ4n) is 2.08. The van der Waals surface area contributed by atoms with E-state index in [1.807, 2.05) is 60.7 Å².